The average molecular weight is 411 g/mol. The van der Waals surface area contributed by atoms with Crippen LogP contribution in [-0.4, -0.2) is 31.1 Å². The number of carbonyl (C=O) groups is 1. The zero-order chi connectivity index (χ0) is 19.7. The predicted octanol–water partition coefficient (Wildman–Crippen LogP) is 4.21. The third kappa shape index (κ3) is 3.64. The third-order valence-corrected chi connectivity index (χ3v) is 5.55. The van der Waals surface area contributed by atoms with Crippen molar-refractivity contribution >= 4 is 34.5 Å². The zero-order valence-corrected chi connectivity index (χ0v) is 16.6. The molecule has 0 spiro atoms. The second kappa shape index (κ2) is 7.49. The number of nitrogens with one attached hydrogen (secondary N) is 1. The number of hydrogen-bond acceptors (Lipinski definition) is 6. The zero-order valence-electron chi connectivity index (χ0n) is 15.0. The van der Waals surface area contributed by atoms with E-state index in [0.717, 1.165) is 16.1 Å². The van der Waals surface area contributed by atoms with E-state index in [1.165, 1.54) is 11.3 Å². The minimum absolute atomic E-state index is 0.205. The summed E-state index contributed by atoms with van der Waals surface area (Å²) in [6.07, 6.45) is 0. The Bertz CT molecular complexity index is 1150. The standard InChI is InChI=1S/C19H15ClN6OS/c1-11-16(28-19(21-11)12-6-8-14(20)9-7-12)18(27)22-15-5-3-4-13(10-15)17-23-24-25-26(17)2/h3-10H,1-2H3,(H,22,27). The van der Waals surface area contributed by atoms with Crippen molar-refractivity contribution in [3.8, 4) is 22.0 Å². The average Bonchev–Trinajstić information content (AvgIpc) is 3.28. The lowest BCUT2D eigenvalue weighted by molar-refractivity contribution is 0.103. The van der Waals surface area contributed by atoms with Gasteiger partial charge in [0.25, 0.3) is 5.91 Å². The molecule has 0 saturated heterocycles. The lowest BCUT2D eigenvalue weighted by atomic mass is 10.2. The quantitative estimate of drug-likeness (QED) is 0.544. The van der Waals surface area contributed by atoms with Gasteiger partial charge in [0.1, 0.15) is 9.88 Å². The number of halogens is 1. The highest BCUT2D eigenvalue weighted by Crippen LogP contribution is 2.29. The Morgan fingerprint density at radius 2 is 1.93 bits per heavy atom. The molecular formula is C19H15ClN6OS. The van der Waals surface area contributed by atoms with E-state index in [0.29, 0.717) is 27.1 Å². The van der Waals surface area contributed by atoms with Crippen LogP contribution in [-0.2, 0) is 7.05 Å². The maximum atomic E-state index is 12.8. The van der Waals surface area contributed by atoms with Gasteiger partial charge in [-0.2, -0.15) is 0 Å². The number of benzene rings is 2. The van der Waals surface area contributed by atoms with Crippen molar-refractivity contribution in [1.82, 2.24) is 25.2 Å². The highest BCUT2D eigenvalue weighted by molar-refractivity contribution is 7.17. The number of carbonyl (C=O) groups excluding carboxylic acids is 1. The largest absolute Gasteiger partial charge is 0.321 e. The first-order chi connectivity index (χ1) is 13.5. The summed E-state index contributed by atoms with van der Waals surface area (Å²) in [7, 11) is 1.76. The number of tetrazole rings is 1. The van der Waals surface area contributed by atoms with Gasteiger partial charge in [0.05, 0.1) is 5.69 Å². The van der Waals surface area contributed by atoms with Crippen LogP contribution >= 0.6 is 22.9 Å². The number of amides is 1. The summed E-state index contributed by atoms with van der Waals surface area (Å²) in [5, 5.41) is 15.8. The number of nitrogens with zero attached hydrogens (tertiary/aromatic N) is 5. The monoisotopic (exact) mass is 410 g/mol. The van der Waals surface area contributed by atoms with Gasteiger partial charge in [-0.1, -0.05) is 35.9 Å². The molecule has 2 aromatic carbocycles. The summed E-state index contributed by atoms with van der Waals surface area (Å²) in [5.41, 5.74) is 3.08. The molecule has 0 atom stereocenters. The Labute approximate surface area is 170 Å². The number of aromatic nitrogens is 5. The van der Waals surface area contributed by atoms with E-state index >= 15 is 0 Å². The molecule has 2 aromatic heterocycles. The van der Waals surface area contributed by atoms with Gasteiger partial charge in [-0.05, 0) is 41.6 Å². The third-order valence-electron chi connectivity index (χ3n) is 4.09. The van der Waals surface area contributed by atoms with Gasteiger partial charge in [-0.15, -0.1) is 16.4 Å². The molecule has 1 amide bonds. The Hall–Kier alpha value is -3.10. The second-order valence-corrected chi connectivity index (χ2v) is 7.54. The van der Waals surface area contributed by atoms with Crippen LogP contribution in [0.1, 0.15) is 15.4 Å². The Morgan fingerprint density at radius 3 is 2.64 bits per heavy atom. The lowest BCUT2D eigenvalue weighted by Gasteiger charge is -2.06. The number of hydrogen-bond donors (Lipinski definition) is 1. The number of aryl methyl sites for hydroxylation is 2. The smallest absolute Gasteiger partial charge is 0.267 e. The normalized spacial score (nSPS) is 10.8. The SMILES string of the molecule is Cc1nc(-c2ccc(Cl)cc2)sc1C(=O)Nc1cccc(-c2nnnn2C)c1. The minimum atomic E-state index is -0.205. The predicted molar refractivity (Wildman–Crippen MR) is 109 cm³/mol. The molecule has 4 aromatic rings. The van der Waals surface area contributed by atoms with Crippen LogP contribution in [0, 0.1) is 6.92 Å². The van der Waals surface area contributed by atoms with Gasteiger partial charge in [0.15, 0.2) is 5.82 Å². The van der Waals surface area contributed by atoms with Gasteiger partial charge in [0, 0.05) is 28.9 Å². The minimum Gasteiger partial charge on any atom is -0.321 e. The van der Waals surface area contributed by atoms with Crippen molar-refractivity contribution in [2.24, 2.45) is 7.05 Å². The molecule has 0 saturated carbocycles. The highest BCUT2D eigenvalue weighted by atomic mass is 35.5. The van der Waals surface area contributed by atoms with Gasteiger partial charge >= 0.3 is 0 Å². The molecule has 0 bridgehead atoms. The van der Waals surface area contributed by atoms with E-state index in [9.17, 15) is 4.79 Å². The molecule has 4 rings (SSSR count). The summed E-state index contributed by atoms with van der Waals surface area (Å²) >= 11 is 7.29. The van der Waals surface area contributed by atoms with Crippen LogP contribution in [0.3, 0.4) is 0 Å². The molecule has 0 aliphatic carbocycles. The Kier molecular flexibility index (Phi) is 4.89. The first-order valence-corrected chi connectivity index (χ1v) is 9.58. The maximum Gasteiger partial charge on any atom is 0.267 e. The van der Waals surface area contributed by atoms with Crippen LogP contribution in [0.2, 0.25) is 5.02 Å². The van der Waals surface area contributed by atoms with E-state index in [2.05, 4.69) is 25.8 Å². The van der Waals surface area contributed by atoms with Crippen molar-refractivity contribution in [3.05, 3.63) is 64.1 Å². The summed E-state index contributed by atoms with van der Waals surface area (Å²) in [5.74, 6) is 0.415. The number of anilines is 1. The van der Waals surface area contributed by atoms with Crippen molar-refractivity contribution < 1.29 is 4.79 Å². The van der Waals surface area contributed by atoms with Gasteiger partial charge in [-0.25, -0.2) is 9.67 Å². The lowest BCUT2D eigenvalue weighted by Crippen LogP contribution is -2.11. The molecule has 0 aliphatic rings. The van der Waals surface area contributed by atoms with Crippen molar-refractivity contribution in [2.75, 3.05) is 5.32 Å². The van der Waals surface area contributed by atoms with Gasteiger partial charge in [-0.3, -0.25) is 4.79 Å². The van der Waals surface area contributed by atoms with Crippen molar-refractivity contribution in [3.63, 3.8) is 0 Å². The van der Waals surface area contributed by atoms with Crippen LogP contribution in [0.4, 0.5) is 5.69 Å². The molecular weight excluding hydrogens is 396 g/mol. The van der Waals surface area contributed by atoms with E-state index < -0.39 is 0 Å². The van der Waals surface area contributed by atoms with Crippen LogP contribution < -0.4 is 5.32 Å². The summed E-state index contributed by atoms with van der Waals surface area (Å²) < 4.78 is 1.58. The van der Waals surface area contributed by atoms with Crippen molar-refractivity contribution in [1.29, 1.82) is 0 Å². The Morgan fingerprint density at radius 1 is 1.14 bits per heavy atom. The molecule has 2 heterocycles. The fourth-order valence-corrected chi connectivity index (χ4v) is 3.81. The van der Waals surface area contributed by atoms with E-state index in [-0.39, 0.29) is 5.91 Å². The fraction of sp³-hybridized carbons (Fsp3) is 0.105. The molecule has 9 heteroatoms. The molecule has 140 valence electrons. The van der Waals surface area contributed by atoms with Crippen LogP contribution in [0.25, 0.3) is 22.0 Å². The number of rotatable bonds is 4. The maximum absolute atomic E-state index is 12.8. The topological polar surface area (TPSA) is 85.6 Å². The Balaban J connectivity index is 1.58. The second-order valence-electron chi connectivity index (χ2n) is 6.10. The molecule has 0 fully saturated rings. The molecule has 0 radical (unpaired) electrons. The molecule has 1 N–H and O–H groups in total. The van der Waals surface area contributed by atoms with E-state index in [1.54, 1.807) is 23.9 Å². The van der Waals surface area contributed by atoms with E-state index in [1.807, 2.05) is 43.3 Å². The summed E-state index contributed by atoms with van der Waals surface area (Å²) in [6.45, 7) is 1.83. The molecule has 7 nitrogen and oxygen atoms in total. The fourth-order valence-electron chi connectivity index (χ4n) is 2.72. The first-order valence-electron chi connectivity index (χ1n) is 8.39. The van der Waals surface area contributed by atoms with E-state index in [4.69, 9.17) is 11.6 Å². The molecule has 0 aliphatic heterocycles. The van der Waals surface area contributed by atoms with Crippen molar-refractivity contribution in [2.45, 2.75) is 6.92 Å². The van der Waals surface area contributed by atoms with Gasteiger partial charge in [0.2, 0.25) is 0 Å². The van der Waals surface area contributed by atoms with Crippen LogP contribution in [0.15, 0.2) is 48.5 Å². The molecule has 28 heavy (non-hydrogen) atoms. The van der Waals surface area contributed by atoms with Gasteiger partial charge < -0.3 is 5.32 Å². The van der Waals surface area contributed by atoms with Crippen LogP contribution in [0.5, 0.6) is 0 Å². The summed E-state index contributed by atoms with van der Waals surface area (Å²) in [6, 6.07) is 14.8. The summed E-state index contributed by atoms with van der Waals surface area (Å²) in [4.78, 5) is 17.9. The molecule has 0 unspecified atom stereocenters. The first kappa shape index (κ1) is 18.3. The highest BCUT2D eigenvalue weighted by Gasteiger charge is 2.17. The number of thiazole rings is 1.